The van der Waals surface area contributed by atoms with Crippen LogP contribution in [0.5, 0.6) is 0 Å². The van der Waals surface area contributed by atoms with Crippen LogP contribution in [0.4, 0.5) is 0 Å². The molecule has 100 valence electrons. The number of halogens is 1. The van der Waals surface area contributed by atoms with Gasteiger partial charge in [0.2, 0.25) is 0 Å². The minimum atomic E-state index is 0.181. The van der Waals surface area contributed by atoms with Gasteiger partial charge in [-0.15, -0.1) is 0 Å². The standard InChI is InChI=1S/C16H17ClO2/c1-9(2)15-7-10-6-14(18)11-4-3-5-13(17)16(11)12(10)8-19-15/h3-5,9,15H,6-8H2,1-2H3. The van der Waals surface area contributed by atoms with Crippen LogP contribution in [0.15, 0.2) is 23.8 Å². The van der Waals surface area contributed by atoms with Crippen molar-refractivity contribution in [2.75, 3.05) is 6.61 Å². The van der Waals surface area contributed by atoms with E-state index in [1.54, 1.807) is 0 Å². The van der Waals surface area contributed by atoms with Gasteiger partial charge in [0.05, 0.1) is 12.7 Å². The molecule has 0 bridgehead atoms. The van der Waals surface area contributed by atoms with E-state index in [9.17, 15) is 4.79 Å². The van der Waals surface area contributed by atoms with Gasteiger partial charge in [0.15, 0.2) is 5.78 Å². The van der Waals surface area contributed by atoms with Crippen molar-refractivity contribution in [2.45, 2.75) is 32.8 Å². The van der Waals surface area contributed by atoms with Gasteiger partial charge in [-0.3, -0.25) is 4.79 Å². The lowest BCUT2D eigenvalue weighted by Crippen LogP contribution is -2.29. The van der Waals surface area contributed by atoms with Gasteiger partial charge in [-0.2, -0.15) is 0 Å². The van der Waals surface area contributed by atoms with Gasteiger partial charge in [0.1, 0.15) is 0 Å². The summed E-state index contributed by atoms with van der Waals surface area (Å²) in [6, 6.07) is 5.55. The summed E-state index contributed by atoms with van der Waals surface area (Å²) >= 11 is 6.28. The Morgan fingerprint density at radius 1 is 1.37 bits per heavy atom. The SMILES string of the molecule is CC(C)C1CC2=C(CO1)c1c(Cl)cccc1C(=O)C2. The number of hydrogen-bond donors (Lipinski definition) is 0. The number of ketones is 1. The number of ether oxygens (including phenoxy) is 1. The Labute approximate surface area is 118 Å². The molecule has 0 saturated carbocycles. The van der Waals surface area contributed by atoms with Crippen molar-refractivity contribution in [1.29, 1.82) is 0 Å². The van der Waals surface area contributed by atoms with Crippen LogP contribution in [0.1, 0.15) is 42.6 Å². The second-order valence-electron chi connectivity index (χ2n) is 5.64. The quantitative estimate of drug-likeness (QED) is 0.771. The van der Waals surface area contributed by atoms with E-state index in [2.05, 4.69) is 13.8 Å². The van der Waals surface area contributed by atoms with Gasteiger partial charge >= 0.3 is 0 Å². The first kappa shape index (κ1) is 12.9. The minimum absolute atomic E-state index is 0.181. The molecule has 2 aliphatic rings. The van der Waals surface area contributed by atoms with Gasteiger partial charge in [-0.05, 0) is 24.0 Å². The summed E-state index contributed by atoms with van der Waals surface area (Å²) in [5, 5.41) is 0.657. The van der Waals surface area contributed by atoms with Crippen molar-refractivity contribution < 1.29 is 9.53 Å². The molecule has 1 atom stereocenters. The maximum atomic E-state index is 12.2. The van der Waals surface area contributed by atoms with Gasteiger partial charge in [0, 0.05) is 22.6 Å². The minimum Gasteiger partial charge on any atom is -0.373 e. The van der Waals surface area contributed by atoms with Crippen LogP contribution in [-0.4, -0.2) is 18.5 Å². The number of hydrogen-bond acceptors (Lipinski definition) is 2. The molecule has 0 N–H and O–H groups in total. The molecular formula is C16H17ClO2. The highest BCUT2D eigenvalue weighted by Crippen LogP contribution is 2.41. The first-order valence-electron chi connectivity index (χ1n) is 6.72. The number of benzene rings is 1. The van der Waals surface area contributed by atoms with Gasteiger partial charge < -0.3 is 4.74 Å². The van der Waals surface area contributed by atoms with Crippen LogP contribution >= 0.6 is 11.6 Å². The summed E-state index contributed by atoms with van der Waals surface area (Å²) < 4.78 is 5.93. The molecule has 3 rings (SSSR count). The van der Waals surface area contributed by atoms with E-state index < -0.39 is 0 Å². The lowest BCUT2D eigenvalue weighted by atomic mass is 9.80. The molecule has 0 fully saturated rings. The zero-order chi connectivity index (χ0) is 13.6. The van der Waals surface area contributed by atoms with Crippen molar-refractivity contribution >= 4 is 23.0 Å². The Morgan fingerprint density at radius 2 is 2.16 bits per heavy atom. The van der Waals surface area contributed by atoms with Crippen LogP contribution < -0.4 is 0 Å². The second-order valence-corrected chi connectivity index (χ2v) is 6.05. The highest BCUT2D eigenvalue weighted by molar-refractivity contribution is 6.33. The molecule has 0 amide bonds. The highest BCUT2D eigenvalue weighted by Gasteiger charge is 2.32. The molecule has 0 spiro atoms. The Hall–Kier alpha value is -1.12. The zero-order valence-corrected chi connectivity index (χ0v) is 12.0. The first-order chi connectivity index (χ1) is 9.08. The Balaban J connectivity index is 2.08. The molecule has 1 aliphatic carbocycles. The number of fused-ring (bicyclic) bond motifs is 2. The summed E-state index contributed by atoms with van der Waals surface area (Å²) in [4.78, 5) is 12.2. The van der Waals surface area contributed by atoms with Crippen LogP contribution in [0.25, 0.3) is 5.57 Å². The van der Waals surface area contributed by atoms with Crippen LogP contribution in [0.3, 0.4) is 0 Å². The molecular weight excluding hydrogens is 260 g/mol. The van der Waals surface area contributed by atoms with Crippen LogP contribution in [-0.2, 0) is 4.74 Å². The van der Waals surface area contributed by atoms with Crippen molar-refractivity contribution in [1.82, 2.24) is 0 Å². The monoisotopic (exact) mass is 276 g/mol. The molecule has 0 saturated heterocycles. The molecule has 1 unspecified atom stereocenters. The average Bonchev–Trinajstić information content (AvgIpc) is 2.38. The molecule has 19 heavy (non-hydrogen) atoms. The topological polar surface area (TPSA) is 26.3 Å². The summed E-state index contributed by atoms with van der Waals surface area (Å²) in [5.41, 5.74) is 4.00. The van der Waals surface area contributed by atoms with Crippen LogP contribution in [0, 0.1) is 5.92 Å². The maximum Gasteiger partial charge on any atom is 0.167 e. The predicted octanol–water partition coefficient (Wildman–Crippen LogP) is 4.12. The van der Waals surface area contributed by atoms with Crippen LogP contribution in [0.2, 0.25) is 5.02 Å². The second kappa shape index (κ2) is 4.77. The van der Waals surface area contributed by atoms with Crippen molar-refractivity contribution in [3.05, 3.63) is 39.9 Å². The molecule has 1 heterocycles. The maximum absolute atomic E-state index is 12.2. The predicted molar refractivity (Wildman–Crippen MR) is 76.5 cm³/mol. The van der Waals surface area contributed by atoms with Gasteiger partial charge in [-0.1, -0.05) is 43.2 Å². The fourth-order valence-electron chi connectivity index (χ4n) is 2.93. The Bertz CT molecular complexity index is 572. The van der Waals surface area contributed by atoms with E-state index in [1.807, 2.05) is 18.2 Å². The highest BCUT2D eigenvalue weighted by atomic mass is 35.5. The zero-order valence-electron chi connectivity index (χ0n) is 11.2. The summed E-state index contributed by atoms with van der Waals surface area (Å²) in [5.74, 6) is 0.650. The Kier molecular flexibility index (Phi) is 3.23. The summed E-state index contributed by atoms with van der Waals surface area (Å²) in [6.45, 7) is 4.88. The van der Waals surface area contributed by atoms with E-state index >= 15 is 0 Å². The van der Waals surface area contributed by atoms with E-state index in [0.29, 0.717) is 24.0 Å². The smallest absolute Gasteiger partial charge is 0.167 e. The number of carbonyl (C=O) groups is 1. The summed E-state index contributed by atoms with van der Waals surface area (Å²) in [7, 11) is 0. The van der Waals surface area contributed by atoms with Gasteiger partial charge in [-0.25, -0.2) is 0 Å². The summed E-state index contributed by atoms with van der Waals surface area (Å²) in [6.07, 6.45) is 1.59. The van der Waals surface area contributed by atoms with Gasteiger partial charge in [0.25, 0.3) is 0 Å². The molecule has 0 aromatic heterocycles. The van der Waals surface area contributed by atoms with E-state index in [0.717, 1.165) is 23.1 Å². The number of carbonyl (C=O) groups excluding carboxylic acids is 1. The molecule has 2 nitrogen and oxygen atoms in total. The number of rotatable bonds is 1. The lowest BCUT2D eigenvalue weighted by Gasteiger charge is -2.33. The molecule has 1 aromatic rings. The van der Waals surface area contributed by atoms with E-state index in [4.69, 9.17) is 16.3 Å². The Morgan fingerprint density at radius 3 is 2.89 bits per heavy atom. The fourth-order valence-corrected chi connectivity index (χ4v) is 3.21. The van der Waals surface area contributed by atoms with E-state index in [-0.39, 0.29) is 11.9 Å². The van der Waals surface area contributed by atoms with Crippen molar-refractivity contribution in [2.24, 2.45) is 5.92 Å². The molecule has 3 heteroatoms. The third-order valence-electron chi connectivity index (χ3n) is 4.05. The molecule has 1 aromatic carbocycles. The molecule has 0 radical (unpaired) electrons. The number of Topliss-reactive ketones (excluding diaryl/α,β-unsaturated/α-hetero) is 1. The average molecular weight is 277 g/mol. The van der Waals surface area contributed by atoms with E-state index in [1.165, 1.54) is 5.57 Å². The lowest BCUT2D eigenvalue weighted by molar-refractivity contribution is 0.0350. The molecule has 1 aliphatic heterocycles. The third-order valence-corrected chi connectivity index (χ3v) is 4.36. The van der Waals surface area contributed by atoms with Crippen molar-refractivity contribution in [3.8, 4) is 0 Å². The normalized spacial score (nSPS) is 22.5. The fraction of sp³-hybridized carbons (Fsp3) is 0.438. The largest absolute Gasteiger partial charge is 0.373 e. The first-order valence-corrected chi connectivity index (χ1v) is 7.10. The van der Waals surface area contributed by atoms with Crippen molar-refractivity contribution in [3.63, 3.8) is 0 Å². The third kappa shape index (κ3) is 2.13.